The zero-order valence-corrected chi connectivity index (χ0v) is 12.3. The van der Waals surface area contributed by atoms with Gasteiger partial charge in [-0.1, -0.05) is 12.1 Å². The van der Waals surface area contributed by atoms with Crippen LogP contribution in [0.5, 0.6) is 5.75 Å². The van der Waals surface area contributed by atoms with E-state index in [1.165, 1.54) is 7.11 Å². The van der Waals surface area contributed by atoms with Gasteiger partial charge in [-0.3, -0.25) is 9.48 Å². The van der Waals surface area contributed by atoms with Crippen molar-refractivity contribution in [1.29, 1.82) is 0 Å². The normalized spacial score (nSPS) is 20.3. The first-order valence-corrected chi connectivity index (χ1v) is 6.87. The van der Waals surface area contributed by atoms with E-state index in [-0.39, 0.29) is 6.54 Å². The number of carbonyl (C=O) groups is 1. The number of hydrogen-bond donors (Lipinski definition) is 0. The minimum atomic E-state index is -4.98. The summed E-state index contributed by atoms with van der Waals surface area (Å²) in [5.41, 5.74) is -2.75. The lowest BCUT2D eigenvalue weighted by molar-refractivity contribution is -0.141. The number of alkyl halides is 5. The Hall–Kier alpha value is -2.45. The average molecular weight is 346 g/mol. The molecular weight excluding hydrogens is 335 g/mol. The Morgan fingerprint density at radius 1 is 1.17 bits per heavy atom. The van der Waals surface area contributed by atoms with Gasteiger partial charge in [0.15, 0.2) is 18.0 Å². The zero-order valence-electron chi connectivity index (χ0n) is 12.3. The molecule has 2 aromatic rings. The Bertz CT molecular complexity index is 782. The van der Waals surface area contributed by atoms with Gasteiger partial charge in [-0.15, -0.1) is 0 Å². The SMILES string of the molecule is COc1ccc(Cn2nc(C(F)(F)F)c3c2[C@H](F)[C@H](F)C3=O)cc1. The number of fused-ring (bicyclic) bond motifs is 1. The molecule has 0 radical (unpaired) electrons. The zero-order chi connectivity index (χ0) is 17.6. The number of ether oxygens (including phenoxy) is 1. The van der Waals surface area contributed by atoms with Crippen LogP contribution >= 0.6 is 0 Å². The number of methoxy groups -OCH3 is 1. The fraction of sp³-hybridized carbons (Fsp3) is 0.333. The number of ketones is 1. The van der Waals surface area contributed by atoms with Crippen LogP contribution in [-0.2, 0) is 12.7 Å². The summed E-state index contributed by atoms with van der Waals surface area (Å²) >= 11 is 0. The van der Waals surface area contributed by atoms with Gasteiger partial charge < -0.3 is 4.74 Å². The quantitative estimate of drug-likeness (QED) is 0.799. The van der Waals surface area contributed by atoms with Crippen LogP contribution in [0.15, 0.2) is 24.3 Å². The maximum absolute atomic E-state index is 14.0. The molecule has 1 aromatic heterocycles. The van der Waals surface area contributed by atoms with Crippen molar-refractivity contribution in [3.8, 4) is 5.75 Å². The van der Waals surface area contributed by atoms with Crippen LogP contribution in [0.4, 0.5) is 22.0 Å². The molecule has 0 spiro atoms. The average Bonchev–Trinajstić information content (AvgIpc) is 3.01. The van der Waals surface area contributed by atoms with E-state index >= 15 is 0 Å². The van der Waals surface area contributed by atoms with Crippen molar-refractivity contribution >= 4 is 5.78 Å². The monoisotopic (exact) mass is 346 g/mol. The van der Waals surface area contributed by atoms with Crippen LogP contribution in [0.2, 0.25) is 0 Å². The minimum Gasteiger partial charge on any atom is -0.497 e. The number of benzene rings is 1. The highest BCUT2D eigenvalue weighted by Crippen LogP contribution is 2.43. The van der Waals surface area contributed by atoms with E-state index in [0.717, 1.165) is 0 Å². The molecule has 1 aliphatic rings. The van der Waals surface area contributed by atoms with Crippen molar-refractivity contribution in [2.24, 2.45) is 0 Å². The fourth-order valence-electron chi connectivity index (χ4n) is 2.63. The van der Waals surface area contributed by atoms with Gasteiger partial charge in [0.1, 0.15) is 5.75 Å². The third kappa shape index (κ3) is 2.53. The standard InChI is InChI=1S/C15H11F5N2O2/c1-24-8-4-2-7(3-5-8)6-22-12-9(13(23)11(17)10(12)16)14(21-22)15(18,19)20/h2-5,10-11H,6H2,1H3/t10-,11+/m1/s1. The molecule has 1 aliphatic carbocycles. The number of Topliss-reactive ketones (excluding diaryl/α,β-unsaturated/α-hetero) is 1. The molecule has 0 amide bonds. The Morgan fingerprint density at radius 2 is 1.79 bits per heavy atom. The van der Waals surface area contributed by atoms with E-state index in [1.54, 1.807) is 24.3 Å². The van der Waals surface area contributed by atoms with Crippen molar-refractivity contribution in [3.63, 3.8) is 0 Å². The Labute approximate surface area is 132 Å². The maximum Gasteiger partial charge on any atom is 0.435 e. The van der Waals surface area contributed by atoms with E-state index in [2.05, 4.69) is 5.10 Å². The summed E-state index contributed by atoms with van der Waals surface area (Å²) in [6.45, 7) is -0.233. The largest absolute Gasteiger partial charge is 0.497 e. The summed E-state index contributed by atoms with van der Waals surface area (Å²) in [5, 5.41) is 3.31. The molecule has 4 nitrogen and oxygen atoms in total. The van der Waals surface area contributed by atoms with Crippen LogP contribution in [0.25, 0.3) is 0 Å². The van der Waals surface area contributed by atoms with Crippen molar-refractivity contribution in [2.75, 3.05) is 7.11 Å². The van der Waals surface area contributed by atoms with E-state index in [1.807, 2.05) is 0 Å². The van der Waals surface area contributed by atoms with E-state index in [0.29, 0.717) is 16.0 Å². The fourth-order valence-corrected chi connectivity index (χ4v) is 2.63. The topological polar surface area (TPSA) is 44.1 Å². The molecule has 2 atom stereocenters. The molecule has 24 heavy (non-hydrogen) atoms. The molecule has 1 aromatic carbocycles. The van der Waals surface area contributed by atoms with Gasteiger partial charge >= 0.3 is 6.18 Å². The molecule has 0 saturated heterocycles. The van der Waals surface area contributed by atoms with Crippen molar-refractivity contribution in [3.05, 3.63) is 46.8 Å². The molecule has 3 rings (SSSR count). The van der Waals surface area contributed by atoms with Crippen LogP contribution in [0.1, 0.15) is 33.5 Å². The third-order valence-electron chi connectivity index (χ3n) is 3.77. The number of rotatable bonds is 3. The summed E-state index contributed by atoms with van der Waals surface area (Å²) in [6.07, 6.45) is -10.1. The Balaban J connectivity index is 2.06. The molecule has 0 saturated carbocycles. The van der Waals surface area contributed by atoms with Gasteiger partial charge in [0.2, 0.25) is 5.78 Å². The first kappa shape index (κ1) is 16.4. The maximum atomic E-state index is 14.0. The second kappa shape index (κ2) is 5.57. The number of carbonyl (C=O) groups excluding carboxylic acids is 1. The van der Waals surface area contributed by atoms with Gasteiger partial charge in [0.25, 0.3) is 0 Å². The number of hydrogen-bond acceptors (Lipinski definition) is 3. The van der Waals surface area contributed by atoms with Crippen molar-refractivity contribution in [1.82, 2.24) is 9.78 Å². The predicted octanol–water partition coefficient (Wildman–Crippen LogP) is 3.50. The number of aromatic nitrogens is 2. The molecule has 9 heteroatoms. The van der Waals surface area contributed by atoms with Crippen LogP contribution < -0.4 is 4.74 Å². The van der Waals surface area contributed by atoms with E-state index < -0.39 is 41.3 Å². The van der Waals surface area contributed by atoms with Gasteiger partial charge in [0.05, 0.1) is 24.9 Å². The number of halogens is 5. The van der Waals surface area contributed by atoms with Crippen LogP contribution in [0, 0.1) is 0 Å². The minimum absolute atomic E-state index is 0.233. The predicted molar refractivity (Wildman–Crippen MR) is 72.4 cm³/mol. The van der Waals surface area contributed by atoms with E-state index in [9.17, 15) is 26.7 Å². The highest BCUT2D eigenvalue weighted by Gasteiger charge is 2.51. The molecule has 0 aliphatic heterocycles. The molecule has 0 N–H and O–H groups in total. The molecule has 0 bridgehead atoms. The van der Waals surface area contributed by atoms with Crippen LogP contribution in [-0.4, -0.2) is 28.8 Å². The Kier molecular flexibility index (Phi) is 3.81. The summed E-state index contributed by atoms with van der Waals surface area (Å²) in [5.74, 6) is -0.992. The highest BCUT2D eigenvalue weighted by atomic mass is 19.4. The molecule has 0 fully saturated rings. The Morgan fingerprint density at radius 3 is 2.33 bits per heavy atom. The lowest BCUT2D eigenvalue weighted by atomic mass is 10.1. The van der Waals surface area contributed by atoms with Crippen molar-refractivity contribution < 1.29 is 31.5 Å². The molecule has 0 unspecified atom stereocenters. The molecule has 128 valence electrons. The molecule has 1 heterocycles. The second-order valence-corrected chi connectivity index (χ2v) is 5.28. The summed E-state index contributed by atoms with van der Waals surface area (Å²) in [6, 6.07) is 6.24. The first-order valence-electron chi connectivity index (χ1n) is 6.87. The summed E-state index contributed by atoms with van der Waals surface area (Å²) in [4.78, 5) is 11.6. The summed E-state index contributed by atoms with van der Waals surface area (Å²) in [7, 11) is 1.45. The number of nitrogens with zero attached hydrogens (tertiary/aromatic N) is 2. The van der Waals surface area contributed by atoms with Crippen molar-refractivity contribution in [2.45, 2.75) is 25.1 Å². The third-order valence-corrected chi connectivity index (χ3v) is 3.77. The smallest absolute Gasteiger partial charge is 0.435 e. The van der Waals surface area contributed by atoms with Gasteiger partial charge in [-0.05, 0) is 17.7 Å². The molecular formula is C15H11F5N2O2. The second-order valence-electron chi connectivity index (χ2n) is 5.28. The van der Waals surface area contributed by atoms with E-state index in [4.69, 9.17) is 4.74 Å². The first-order chi connectivity index (χ1) is 11.2. The lowest BCUT2D eigenvalue weighted by Crippen LogP contribution is -2.19. The van der Waals surface area contributed by atoms with Gasteiger partial charge in [0, 0.05) is 0 Å². The van der Waals surface area contributed by atoms with Gasteiger partial charge in [-0.2, -0.15) is 18.3 Å². The van der Waals surface area contributed by atoms with Gasteiger partial charge in [-0.25, -0.2) is 8.78 Å². The summed E-state index contributed by atoms with van der Waals surface area (Å²) < 4.78 is 72.3. The van der Waals surface area contributed by atoms with Crippen LogP contribution in [0.3, 0.4) is 0 Å². The lowest BCUT2D eigenvalue weighted by Gasteiger charge is -2.10. The highest BCUT2D eigenvalue weighted by molar-refractivity contribution is 6.05.